The molecule has 3 aromatic carbocycles. The van der Waals surface area contributed by atoms with E-state index in [2.05, 4.69) is 10.0 Å². The molecule has 0 aliphatic rings. The Hall–Kier alpha value is -2.96. The monoisotopic (exact) mass is 394 g/mol. The molecule has 0 radical (unpaired) electrons. The van der Waals surface area contributed by atoms with E-state index >= 15 is 0 Å². The van der Waals surface area contributed by atoms with Crippen molar-refractivity contribution in [1.82, 2.24) is 10.0 Å². The van der Waals surface area contributed by atoms with Crippen LogP contribution in [0.15, 0.2) is 83.8 Å². The Kier molecular flexibility index (Phi) is 6.23. The van der Waals surface area contributed by atoms with Gasteiger partial charge in [-0.2, -0.15) is 0 Å². The molecule has 0 spiro atoms. The predicted octanol–water partition coefficient (Wildman–Crippen LogP) is 3.40. The molecule has 1 amide bonds. The van der Waals surface area contributed by atoms with Gasteiger partial charge in [-0.25, -0.2) is 13.1 Å². The van der Waals surface area contributed by atoms with E-state index in [0.29, 0.717) is 12.1 Å². The second-order valence-corrected chi connectivity index (χ2v) is 8.28. The molecule has 0 atom stereocenters. The Balaban J connectivity index is 1.68. The fourth-order valence-electron chi connectivity index (χ4n) is 2.77. The number of hydrogen-bond donors (Lipinski definition) is 2. The van der Waals surface area contributed by atoms with Gasteiger partial charge in [-0.15, -0.1) is 0 Å². The third-order valence-corrected chi connectivity index (χ3v) is 5.65. The maximum atomic E-state index is 12.6. The lowest BCUT2D eigenvalue weighted by atomic mass is 10.1. The summed E-state index contributed by atoms with van der Waals surface area (Å²) in [5.41, 5.74) is 3.21. The van der Waals surface area contributed by atoms with Crippen LogP contribution < -0.4 is 10.0 Å². The SMILES string of the molecule is Cc1cccc(CNS(=O)(=O)c2cccc(C(=O)NCc3ccccc3)c2)c1. The van der Waals surface area contributed by atoms with Gasteiger partial charge in [0.1, 0.15) is 0 Å². The summed E-state index contributed by atoms with van der Waals surface area (Å²) in [6.07, 6.45) is 0. The van der Waals surface area contributed by atoms with Gasteiger partial charge < -0.3 is 5.32 Å². The van der Waals surface area contributed by atoms with Crippen molar-refractivity contribution in [3.05, 3.63) is 101 Å². The first-order valence-corrected chi connectivity index (χ1v) is 10.4. The van der Waals surface area contributed by atoms with E-state index in [1.54, 1.807) is 12.1 Å². The Morgan fingerprint density at radius 2 is 1.54 bits per heavy atom. The number of nitrogens with one attached hydrogen (secondary N) is 2. The molecule has 28 heavy (non-hydrogen) atoms. The number of aryl methyl sites for hydroxylation is 1. The van der Waals surface area contributed by atoms with Crippen LogP contribution in [0.4, 0.5) is 0 Å². The molecule has 3 aromatic rings. The molecular formula is C22H22N2O3S. The molecule has 2 N–H and O–H groups in total. The molecule has 0 fully saturated rings. The van der Waals surface area contributed by atoms with Crippen LogP contribution in [0.5, 0.6) is 0 Å². The maximum absolute atomic E-state index is 12.6. The average Bonchev–Trinajstić information content (AvgIpc) is 2.71. The lowest BCUT2D eigenvalue weighted by Gasteiger charge is -2.10. The molecule has 144 valence electrons. The first-order valence-electron chi connectivity index (χ1n) is 8.91. The van der Waals surface area contributed by atoms with Crippen LogP contribution in [-0.2, 0) is 23.1 Å². The molecule has 5 nitrogen and oxygen atoms in total. The topological polar surface area (TPSA) is 75.3 Å². The van der Waals surface area contributed by atoms with Gasteiger partial charge in [0.2, 0.25) is 10.0 Å². The second-order valence-electron chi connectivity index (χ2n) is 6.51. The fourth-order valence-corrected chi connectivity index (χ4v) is 3.83. The highest BCUT2D eigenvalue weighted by Crippen LogP contribution is 2.13. The number of carbonyl (C=O) groups is 1. The number of amides is 1. The van der Waals surface area contributed by atoms with E-state index in [0.717, 1.165) is 16.7 Å². The molecule has 0 unspecified atom stereocenters. The van der Waals surface area contributed by atoms with Crippen molar-refractivity contribution >= 4 is 15.9 Å². The first kappa shape index (κ1) is 19.8. The van der Waals surface area contributed by atoms with Crippen LogP contribution in [0, 0.1) is 6.92 Å². The Bertz CT molecular complexity index is 1060. The minimum atomic E-state index is -3.72. The van der Waals surface area contributed by atoms with Crippen molar-refractivity contribution < 1.29 is 13.2 Å². The average molecular weight is 394 g/mol. The summed E-state index contributed by atoms with van der Waals surface area (Å²) in [6, 6.07) is 23.2. The zero-order valence-corrected chi connectivity index (χ0v) is 16.4. The van der Waals surface area contributed by atoms with Crippen molar-refractivity contribution in [2.75, 3.05) is 0 Å². The normalized spacial score (nSPS) is 11.2. The molecule has 0 bridgehead atoms. The summed E-state index contributed by atoms with van der Waals surface area (Å²) < 4.78 is 27.8. The summed E-state index contributed by atoms with van der Waals surface area (Å²) in [6.45, 7) is 2.52. The smallest absolute Gasteiger partial charge is 0.251 e. The van der Waals surface area contributed by atoms with Crippen molar-refractivity contribution in [3.8, 4) is 0 Å². The van der Waals surface area contributed by atoms with Crippen LogP contribution >= 0.6 is 0 Å². The Morgan fingerprint density at radius 1 is 0.821 bits per heavy atom. The standard InChI is InChI=1S/C22H22N2O3S/c1-17-7-5-10-19(13-17)16-24-28(26,27)21-12-6-11-20(14-21)22(25)23-15-18-8-3-2-4-9-18/h2-14,24H,15-16H2,1H3,(H,23,25). The van der Waals surface area contributed by atoms with Gasteiger partial charge in [0.05, 0.1) is 4.90 Å². The number of sulfonamides is 1. The highest BCUT2D eigenvalue weighted by atomic mass is 32.2. The van der Waals surface area contributed by atoms with Crippen LogP contribution in [0.25, 0.3) is 0 Å². The third kappa shape index (κ3) is 5.28. The predicted molar refractivity (Wildman–Crippen MR) is 109 cm³/mol. The van der Waals surface area contributed by atoms with E-state index in [-0.39, 0.29) is 17.3 Å². The largest absolute Gasteiger partial charge is 0.348 e. The van der Waals surface area contributed by atoms with E-state index in [1.165, 1.54) is 12.1 Å². The lowest BCUT2D eigenvalue weighted by Crippen LogP contribution is -2.25. The van der Waals surface area contributed by atoms with E-state index < -0.39 is 10.0 Å². The molecule has 0 saturated carbocycles. The van der Waals surface area contributed by atoms with Gasteiger partial charge in [-0.3, -0.25) is 4.79 Å². The molecule has 0 heterocycles. The molecule has 6 heteroatoms. The quantitative estimate of drug-likeness (QED) is 0.645. The van der Waals surface area contributed by atoms with Gasteiger partial charge in [-0.1, -0.05) is 66.2 Å². The summed E-state index contributed by atoms with van der Waals surface area (Å²) in [7, 11) is -3.72. The van der Waals surface area contributed by atoms with Crippen molar-refractivity contribution in [2.45, 2.75) is 24.9 Å². The zero-order valence-electron chi connectivity index (χ0n) is 15.6. The van der Waals surface area contributed by atoms with Gasteiger partial charge in [0, 0.05) is 18.7 Å². The van der Waals surface area contributed by atoms with Gasteiger partial charge in [0.15, 0.2) is 0 Å². The highest BCUT2D eigenvalue weighted by Gasteiger charge is 2.16. The maximum Gasteiger partial charge on any atom is 0.251 e. The van der Waals surface area contributed by atoms with Crippen LogP contribution in [0.1, 0.15) is 27.0 Å². The van der Waals surface area contributed by atoms with Crippen molar-refractivity contribution in [3.63, 3.8) is 0 Å². The summed E-state index contributed by atoms with van der Waals surface area (Å²) >= 11 is 0. The van der Waals surface area contributed by atoms with Crippen LogP contribution in [0.3, 0.4) is 0 Å². The minimum Gasteiger partial charge on any atom is -0.348 e. The molecule has 0 saturated heterocycles. The van der Waals surface area contributed by atoms with E-state index in [1.807, 2.05) is 61.5 Å². The van der Waals surface area contributed by atoms with Crippen molar-refractivity contribution in [2.24, 2.45) is 0 Å². The third-order valence-electron chi connectivity index (χ3n) is 4.25. The van der Waals surface area contributed by atoms with Gasteiger partial charge in [0.25, 0.3) is 5.91 Å². The Morgan fingerprint density at radius 3 is 2.29 bits per heavy atom. The number of hydrogen-bond acceptors (Lipinski definition) is 3. The molecule has 3 rings (SSSR count). The summed E-state index contributed by atoms with van der Waals surface area (Å²) in [5, 5.41) is 2.80. The minimum absolute atomic E-state index is 0.0625. The van der Waals surface area contributed by atoms with Crippen molar-refractivity contribution in [1.29, 1.82) is 0 Å². The second kappa shape index (κ2) is 8.82. The molecular weight excluding hydrogens is 372 g/mol. The Labute approximate surface area is 165 Å². The highest BCUT2D eigenvalue weighted by molar-refractivity contribution is 7.89. The molecule has 0 aliphatic heterocycles. The zero-order chi connectivity index (χ0) is 20.0. The van der Waals surface area contributed by atoms with E-state index in [4.69, 9.17) is 0 Å². The first-order chi connectivity index (χ1) is 13.4. The van der Waals surface area contributed by atoms with Crippen LogP contribution in [0.2, 0.25) is 0 Å². The lowest BCUT2D eigenvalue weighted by molar-refractivity contribution is 0.0950. The van der Waals surface area contributed by atoms with Crippen LogP contribution in [-0.4, -0.2) is 14.3 Å². The number of benzene rings is 3. The van der Waals surface area contributed by atoms with Gasteiger partial charge in [-0.05, 0) is 36.2 Å². The summed E-state index contributed by atoms with van der Waals surface area (Å²) in [4.78, 5) is 12.5. The summed E-state index contributed by atoms with van der Waals surface area (Å²) in [5.74, 6) is -0.320. The number of carbonyl (C=O) groups excluding carboxylic acids is 1. The van der Waals surface area contributed by atoms with E-state index in [9.17, 15) is 13.2 Å². The fraction of sp³-hybridized carbons (Fsp3) is 0.136. The number of rotatable bonds is 7. The van der Waals surface area contributed by atoms with Gasteiger partial charge >= 0.3 is 0 Å². The molecule has 0 aliphatic carbocycles. The molecule has 0 aromatic heterocycles.